The summed E-state index contributed by atoms with van der Waals surface area (Å²) in [4.78, 5) is 11.1. The molecule has 0 aliphatic carbocycles. The maximum absolute atomic E-state index is 9.86. The smallest absolute Gasteiger partial charge is 0.548 e. The Hall–Kier alpha value is 1.50. The number of rotatable bonds is 2. The Morgan fingerprint density at radius 3 is 1.85 bits per heavy atom. The minimum atomic E-state index is -1.18. The van der Waals surface area contributed by atoms with Crippen LogP contribution in [0.2, 0.25) is 0 Å². The predicted octanol–water partition coefficient (Wildman–Crippen LogP) is -9.14. The fraction of sp³-hybridized carbons (Fsp3) is 0.500. The van der Waals surface area contributed by atoms with Gasteiger partial charge in [0, 0.05) is 7.05 Å². The molecule has 4 N–H and O–H groups in total. The van der Waals surface area contributed by atoms with Crippen molar-refractivity contribution in [2.24, 2.45) is 0 Å². The molecule has 68 valence electrons. The van der Waals surface area contributed by atoms with Crippen molar-refractivity contribution in [2.45, 2.75) is 0 Å². The summed E-state index contributed by atoms with van der Waals surface area (Å²) >= 11 is 8.97. The van der Waals surface area contributed by atoms with Gasteiger partial charge in [-0.15, -0.1) is 0 Å². The standard InChI is InChI=1S/C4H7NO2S2.2Na.2H2O/c1-5(4(8)9)2-3(6)7;;;;/h2H2,1H3,(H,6,7)(H,8,9);;;2*1H2/q;2*+1;;/p-2. The first-order valence-electron chi connectivity index (χ1n) is 2.16. The molecule has 0 aliphatic heterocycles. The molecule has 0 atom stereocenters. The Morgan fingerprint density at radius 1 is 1.46 bits per heavy atom. The minimum Gasteiger partial charge on any atom is -0.548 e. The Bertz CT molecular complexity index is 148. The van der Waals surface area contributed by atoms with Crippen LogP contribution in [-0.2, 0) is 17.4 Å². The Balaban J connectivity index is -0.0000000533. The zero-order chi connectivity index (χ0) is 7.44. The average molecular weight is 245 g/mol. The van der Waals surface area contributed by atoms with Crippen molar-refractivity contribution >= 4 is 35.1 Å². The number of hydrogen-bond donors (Lipinski definition) is 0. The van der Waals surface area contributed by atoms with Gasteiger partial charge in [-0.1, -0.05) is 4.32 Å². The predicted molar refractivity (Wildman–Crippen MR) is 44.8 cm³/mol. The van der Waals surface area contributed by atoms with E-state index in [0.29, 0.717) is 0 Å². The molecule has 0 rings (SSSR count). The largest absolute Gasteiger partial charge is 1.00 e. The van der Waals surface area contributed by atoms with Gasteiger partial charge in [0.2, 0.25) is 0 Å². The van der Waals surface area contributed by atoms with Crippen LogP contribution in [0.5, 0.6) is 0 Å². The van der Waals surface area contributed by atoms with Gasteiger partial charge in [0.05, 0.1) is 12.5 Å². The van der Waals surface area contributed by atoms with E-state index in [1.165, 1.54) is 11.9 Å². The summed E-state index contributed by atoms with van der Waals surface area (Å²) in [5.41, 5.74) is 0. The van der Waals surface area contributed by atoms with Gasteiger partial charge < -0.3 is 50.6 Å². The van der Waals surface area contributed by atoms with Crippen LogP contribution in [-0.4, -0.2) is 39.7 Å². The van der Waals surface area contributed by atoms with Crippen LogP contribution >= 0.6 is 12.2 Å². The topological polar surface area (TPSA) is 106 Å². The van der Waals surface area contributed by atoms with E-state index >= 15 is 0 Å². The first-order valence-corrected chi connectivity index (χ1v) is 2.97. The van der Waals surface area contributed by atoms with Crippen molar-refractivity contribution in [3.05, 3.63) is 0 Å². The monoisotopic (exact) mass is 245 g/mol. The van der Waals surface area contributed by atoms with Crippen LogP contribution in [0.4, 0.5) is 0 Å². The number of carbonyl (C=O) groups excluding carboxylic acids is 1. The van der Waals surface area contributed by atoms with E-state index in [0.717, 1.165) is 0 Å². The van der Waals surface area contributed by atoms with Crippen molar-refractivity contribution in [1.82, 2.24) is 4.90 Å². The van der Waals surface area contributed by atoms with E-state index in [1.807, 2.05) is 0 Å². The van der Waals surface area contributed by atoms with E-state index in [4.69, 9.17) is 0 Å². The van der Waals surface area contributed by atoms with Crippen LogP contribution in [0.25, 0.3) is 0 Å². The van der Waals surface area contributed by atoms with E-state index in [2.05, 4.69) is 24.8 Å². The van der Waals surface area contributed by atoms with E-state index in [-0.39, 0.29) is 80.9 Å². The number of carboxylic acids is 1. The molecular formula is C4H9NNa2O4S2. The first-order chi connectivity index (χ1) is 4.04. The quantitative estimate of drug-likeness (QED) is 0.273. The van der Waals surface area contributed by atoms with Crippen LogP contribution < -0.4 is 64.2 Å². The summed E-state index contributed by atoms with van der Waals surface area (Å²) in [5.74, 6) is -1.18. The molecule has 5 nitrogen and oxygen atoms in total. The molecule has 0 saturated carbocycles. The number of aliphatic carboxylic acids is 1. The Morgan fingerprint density at radius 2 is 1.77 bits per heavy atom. The average Bonchev–Trinajstić information content (AvgIpc) is 1.63. The zero-order valence-corrected chi connectivity index (χ0v) is 13.4. The SMILES string of the molecule is CN(CC(=O)[O-])C(=S)[S-].O.O.[Na+].[Na+]. The molecule has 0 fully saturated rings. The van der Waals surface area contributed by atoms with E-state index < -0.39 is 5.97 Å². The Kier molecular flexibility index (Phi) is 35.9. The van der Waals surface area contributed by atoms with Gasteiger partial charge in [-0.25, -0.2) is 0 Å². The van der Waals surface area contributed by atoms with Crippen molar-refractivity contribution in [1.29, 1.82) is 0 Å². The molecule has 9 heteroatoms. The summed E-state index contributed by atoms with van der Waals surface area (Å²) in [5, 5.41) is 9.86. The van der Waals surface area contributed by atoms with Gasteiger partial charge in [-0.2, -0.15) is 0 Å². The molecule has 0 heterocycles. The molecule has 0 bridgehead atoms. The minimum absolute atomic E-state index is 0. The van der Waals surface area contributed by atoms with Gasteiger partial charge >= 0.3 is 59.1 Å². The van der Waals surface area contributed by atoms with Crippen LogP contribution in [0.1, 0.15) is 0 Å². The number of thiocarbonyl (C=S) groups is 1. The third-order valence-electron chi connectivity index (χ3n) is 0.678. The molecule has 0 aromatic carbocycles. The molecule has 0 aliphatic rings. The van der Waals surface area contributed by atoms with E-state index in [9.17, 15) is 9.90 Å². The fourth-order valence-corrected chi connectivity index (χ4v) is 0.387. The van der Waals surface area contributed by atoms with Gasteiger partial charge in [0.1, 0.15) is 0 Å². The second-order valence-corrected chi connectivity index (χ2v) is 2.53. The van der Waals surface area contributed by atoms with Gasteiger partial charge in [0.25, 0.3) is 0 Å². The molecule has 0 aromatic heterocycles. The van der Waals surface area contributed by atoms with E-state index in [1.54, 1.807) is 0 Å². The zero-order valence-electron chi connectivity index (χ0n) is 7.79. The van der Waals surface area contributed by atoms with Crippen molar-refractivity contribution in [3.63, 3.8) is 0 Å². The van der Waals surface area contributed by atoms with Crippen LogP contribution in [0.15, 0.2) is 0 Å². The third-order valence-corrected chi connectivity index (χ3v) is 1.30. The summed E-state index contributed by atoms with van der Waals surface area (Å²) in [6, 6.07) is 0. The molecule has 0 amide bonds. The summed E-state index contributed by atoms with van der Waals surface area (Å²) in [6.45, 7) is -0.234. The summed E-state index contributed by atoms with van der Waals surface area (Å²) in [7, 11) is 1.51. The maximum atomic E-state index is 9.86. The molecule has 0 unspecified atom stereocenters. The van der Waals surface area contributed by atoms with Gasteiger partial charge in [-0.3, -0.25) is 0 Å². The van der Waals surface area contributed by atoms with Crippen molar-refractivity contribution in [2.75, 3.05) is 13.6 Å². The number of hydrogen-bond acceptors (Lipinski definition) is 4. The normalized spacial score (nSPS) is 5.92. The summed E-state index contributed by atoms with van der Waals surface area (Å²) in [6.07, 6.45) is 0. The maximum Gasteiger partial charge on any atom is 1.00 e. The van der Waals surface area contributed by atoms with Crippen molar-refractivity contribution < 1.29 is 80.0 Å². The molecule has 0 spiro atoms. The molecule has 0 saturated heterocycles. The molecule has 0 radical (unpaired) electrons. The van der Waals surface area contributed by atoms with Crippen LogP contribution in [0.3, 0.4) is 0 Å². The van der Waals surface area contributed by atoms with Gasteiger partial charge in [-0.05, 0) is 0 Å². The second-order valence-electron chi connectivity index (χ2n) is 1.49. The molecule has 0 aromatic rings. The van der Waals surface area contributed by atoms with Gasteiger partial charge in [0.15, 0.2) is 0 Å². The Labute approximate surface area is 132 Å². The molecular weight excluding hydrogens is 236 g/mol. The number of carboxylic acid groups (broad SMARTS) is 1. The van der Waals surface area contributed by atoms with Crippen LogP contribution in [0, 0.1) is 0 Å². The first kappa shape index (κ1) is 29.3. The summed E-state index contributed by atoms with van der Waals surface area (Å²) < 4.78 is 0.138. The third kappa shape index (κ3) is 19.8. The second kappa shape index (κ2) is 15.9. The number of carbonyl (C=O) groups is 1. The number of likely N-dealkylation sites (N-methyl/N-ethyl adjacent to an activating group) is 1. The number of nitrogens with zero attached hydrogens (tertiary/aromatic N) is 1. The fourth-order valence-electron chi connectivity index (χ4n) is 0.258. The van der Waals surface area contributed by atoms with Crippen molar-refractivity contribution in [3.8, 4) is 0 Å². The molecule has 13 heavy (non-hydrogen) atoms.